The Morgan fingerprint density at radius 2 is 1.75 bits per heavy atom. The van der Waals surface area contributed by atoms with Gasteiger partial charge in [0.1, 0.15) is 6.07 Å². The highest BCUT2D eigenvalue weighted by Crippen LogP contribution is 2.27. The van der Waals surface area contributed by atoms with E-state index in [-0.39, 0.29) is 22.4 Å². The molecule has 0 bridgehead atoms. The van der Waals surface area contributed by atoms with Crippen LogP contribution < -0.4 is 5.32 Å². The molecule has 7 nitrogen and oxygen atoms in total. The van der Waals surface area contributed by atoms with Crippen LogP contribution in [0.1, 0.15) is 16.8 Å². The number of benzene rings is 2. The number of oxazole rings is 1. The minimum absolute atomic E-state index is 0.145. The van der Waals surface area contributed by atoms with Gasteiger partial charge in [0, 0.05) is 26.2 Å². The van der Waals surface area contributed by atoms with Crippen LogP contribution in [0.25, 0.3) is 11.5 Å². The largest absolute Gasteiger partial charge is 0.419 e. The fraction of sp³-hybridized carbons (Fsp3) is 0.200. The van der Waals surface area contributed by atoms with Crippen molar-refractivity contribution in [2.45, 2.75) is 18.4 Å². The minimum Gasteiger partial charge on any atom is -0.419 e. The second-order valence-corrected chi connectivity index (χ2v) is 8.61. The first kappa shape index (κ1) is 19.6. The van der Waals surface area contributed by atoms with E-state index in [1.165, 1.54) is 31.8 Å². The number of nitrogens with zero attached hydrogens (tertiary/aromatic N) is 3. The normalized spacial score (nSPS) is 11.4. The van der Waals surface area contributed by atoms with Crippen LogP contribution in [0.5, 0.6) is 0 Å². The number of aromatic nitrogens is 1. The number of nitrogens with one attached hydrogen (secondary N) is 1. The van der Waals surface area contributed by atoms with Crippen LogP contribution in [0.2, 0.25) is 0 Å². The van der Waals surface area contributed by atoms with Crippen molar-refractivity contribution in [2.75, 3.05) is 19.4 Å². The summed E-state index contributed by atoms with van der Waals surface area (Å²) >= 11 is 0. The Morgan fingerprint density at radius 1 is 1.11 bits per heavy atom. The maximum absolute atomic E-state index is 12.2. The molecule has 3 rings (SSSR count). The highest BCUT2D eigenvalue weighted by atomic mass is 32.2. The third-order valence-electron chi connectivity index (χ3n) is 4.19. The first-order chi connectivity index (χ1) is 13.3. The van der Waals surface area contributed by atoms with E-state index in [0.717, 1.165) is 9.87 Å². The standard InChI is InChI=1S/C20H20N4O3S/c1-14-4-6-15(7-5-14)13-22-20-18(12-21)23-19(27-20)16-8-10-17(11-9-16)28(25,26)24(2)3/h4-11,22H,13H2,1-3H3. The van der Waals surface area contributed by atoms with Gasteiger partial charge >= 0.3 is 0 Å². The molecule has 0 radical (unpaired) electrons. The molecule has 0 aliphatic heterocycles. The molecule has 0 atom stereocenters. The molecular formula is C20H20N4O3S. The summed E-state index contributed by atoms with van der Waals surface area (Å²) in [6, 6.07) is 16.2. The second-order valence-electron chi connectivity index (χ2n) is 6.46. The Morgan fingerprint density at radius 3 is 2.32 bits per heavy atom. The van der Waals surface area contributed by atoms with Crippen LogP contribution in [0.15, 0.2) is 57.8 Å². The van der Waals surface area contributed by atoms with Crippen molar-refractivity contribution >= 4 is 15.9 Å². The summed E-state index contributed by atoms with van der Waals surface area (Å²) in [4.78, 5) is 4.37. The van der Waals surface area contributed by atoms with Gasteiger partial charge in [-0.1, -0.05) is 29.8 Å². The van der Waals surface area contributed by atoms with Gasteiger partial charge in [-0.05, 0) is 36.8 Å². The van der Waals surface area contributed by atoms with Crippen molar-refractivity contribution in [3.05, 3.63) is 65.4 Å². The lowest BCUT2D eigenvalue weighted by atomic mass is 10.1. The molecule has 0 saturated heterocycles. The van der Waals surface area contributed by atoms with Crippen molar-refractivity contribution in [2.24, 2.45) is 0 Å². The number of sulfonamides is 1. The van der Waals surface area contributed by atoms with Gasteiger partial charge in [0.2, 0.25) is 27.5 Å². The van der Waals surface area contributed by atoms with Crippen molar-refractivity contribution in [1.82, 2.24) is 9.29 Å². The fourth-order valence-corrected chi connectivity index (χ4v) is 3.41. The molecule has 28 heavy (non-hydrogen) atoms. The van der Waals surface area contributed by atoms with E-state index in [2.05, 4.69) is 10.3 Å². The average Bonchev–Trinajstić information content (AvgIpc) is 3.11. The van der Waals surface area contributed by atoms with Crippen molar-refractivity contribution in [3.63, 3.8) is 0 Å². The van der Waals surface area contributed by atoms with E-state index >= 15 is 0 Å². The monoisotopic (exact) mass is 396 g/mol. The van der Waals surface area contributed by atoms with Gasteiger partial charge in [-0.3, -0.25) is 0 Å². The number of hydrogen-bond acceptors (Lipinski definition) is 6. The second kappa shape index (κ2) is 7.84. The lowest BCUT2D eigenvalue weighted by Gasteiger charge is -2.11. The van der Waals surface area contributed by atoms with Gasteiger partial charge < -0.3 is 9.73 Å². The molecule has 1 aromatic heterocycles. The summed E-state index contributed by atoms with van der Waals surface area (Å²) in [7, 11) is -0.559. The topological polar surface area (TPSA) is 99.2 Å². The molecule has 1 heterocycles. The van der Waals surface area contributed by atoms with Crippen LogP contribution in [0.3, 0.4) is 0 Å². The van der Waals surface area contributed by atoms with Crippen LogP contribution in [-0.4, -0.2) is 31.8 Å². The number of anilines is 1. The minimum atomic E-state index is -3.51. The van der Waals surface area contributed by atoms with E-state index in [4.69, 9.17) is 4.42 Å². The quantitative estimate of drug-likeness (QED) is 0.686. The Hall–Kier alpha value is -3.15. The van der Waals surface area contributed by atoms with E-state index in [9.17, 15) is 13.7 Å². The summed E-state index contributed by atoms with van der Waals surface area (Å²) in [5, 5.41) is 12.4. The van der Waals surface area contributed by atoms with Gasteiger partial charge in [-0.2, -0.15) is 10.2 Å². The Balaban J connectivity index is 1.82. The lowest BCUT2D eigenvalue weighted by molar-refractivity contribution is 0.520. The van der Waals surface area contributed by atoms with Crippen molar-refractivity contribution < 1.29 is 12.8 Å². The molecule has 0 aliphatic rings. The van der Waals surface area contributed by atoms with Gasteiger partial charge in [-0.15, -0.1) is 0 Å². The van der Waals surface area contributed by atoms with Gasteiger partial charge in [0.05, 0.1) is 4.90 Å². The first-order valence-corrected chi connectivity index (χ1v) is 9.98. The van der Waals surface area contributed by atoms with Crippen LogP contribution in [-0.2, 0) is 16.6 Å². The van der Waals surface area contributed by atoms with Crippen LogP contribution in [0, 0.1) is 18.3 Å². The smallest absolute Gasteiger partial charge is 0.242 e. The predicted octanol–water partition coefficient (Wildman–Crippen LogP) is 3.38. The molecular weight excluding hydrogens is 376 g/mol. The molecule has 0 spiro atoms. The highest BCUT2D eigenvalue weighted by molar-refractivity contribution is 7.89. The third kappa shape index (κ3) is 4.06. The maximum atomic E-state index is 12.2. The van der Waals surface area contributed by atoms with E-state index in [0.29, 0.717) is 12.1 Å². The molecule has 0 amide bonds. The number of nitriles is 1. The average molecular weight is 396 g/mol. The summed E-state index contributed by atoms with van der Waals surface area (Å²) in [5.41, 5.74) is 2.94. The van der Waals surface area contributed by atoms with Gasteiger partial charge in [0.15, 0.2) is 0 Å². The van der Waals surface area contributed by atoms with E-state index in [1.54, 1.807) is 12.1 Å². The molecule has 8 heteroatoms. The molecule has 0 aliphatic carbocycles. The van der Waals surface area contributed by atoms with Crippen molar-refractivity contribution in [3.8, 4) is 17.5 Å². The van der Waals surface area contributed by atoms with Crippen LogP contribution in [0.4, 0.5) is 5.88 Å². The van der Waals surface area contributed by atoms with E-state index in [1.807, 2.05) is 37.3 Å². The SMILES string of the molecule is Cc1ccc(CNc2oc(-c3ccc(S(=O)(=O)N(C)C)cc3)nc2C#N)cc1. The summed E-state index contributed by atoms with van der Waals surface area (Å²) in [6.07, 6.45) is 0. The first-order valence-electron chi connectivity index (χ1n) is 8.54. The molecule has 144 valence electrons. The number of hydrogen-bond donors (Lipinski definition) is 1. The zero-order valence-electron chi connectivity index (χ0n) is 15.8. The molecule has 2 aromatic carbocycles. The maximum Gasteiger partial charge on any atom is 0.242 e. The molecule has 1 N–H and O–H groups in total. The summed E-state index contributed by atoms with van der Waals surface area (Å²) < 4.78 is 31.2. The van der Waals surface area contributed by atoms with Crippen LogP contribution >= 0.6 is 0 Å². The zero-order valence-corrected chi connectivity index (χ0v) is 16.6. The predicted molar refractivity (Wildman–Crippen MR) is 106 cm³/mol. The lowest BCUT2D eigenvalue weighted by Crippen LogP contribution is -2.22. The molecule has 0 unspecified atom stereocenters. The zero-order chi connectivity index (χ0) is 20.3. The Kier molecular flexibility index (Phi) is 5.49. The van der Waals surface area contributed by atoms with E-state index < -0.39 is 10.0 Å². The number of aryl methyl sites for hydroxylation is 1. The van der Waals surface area contributed by atoms with Crippen molar-refractivity contribution in [1.29, 1.82) is 5.26 Å². The molecule has 3 aromatic rings. The number of rotatable bonds is 6. The highest BCUT2D eigenvalue weighted by Gasteiger charge is 2.19. The summed E-state index contributed by atoms with van der Waals surface area (Å²) in [5.74, 6) is 0.528. The summed E-state index contributed by atoms with van der Waals surface area (Å²) in [6.45, 7) is 2.51. The third-order valence-corrected chi connectivity index (χ3v) is 6.02. The fourth-order valence-electron chi connectivity index (χ4n) is 2.51. The Bertz CT molecular complexity index is 1110. The Labute approximate surface area is 164 Å². The molecule has 0 fully saturated rings. The van der Waals surface area contributed by atoms with Gasteiger partial charge in [-0.25, -0.2) is 12.7 Å². The molecule has 0 saturated carbocycles. The van der Waals surface area contributed by atoms with Gasteiger partial charge in [0.25, 0.3) is 0 Å².